The second-order valence-corrected chi connectivity index (χ2v) is 3.46. The zero-order valence-corrected chi connectivity index (χ0v) is 10.2. The predicted octanol–water partition coefficient (Wildman–Crippen LogP) is -0.832. The number of aromatic nitrogens is 5. The van der Waals surface area contributed by atoms with Crippen LogP contribution in [0.5, 0.6) is 0 Å². The molecule has 2 heterocycles. The Labute approximate surface area is 109 Å². The van der Waals surface area contributed by atoms with E-state index in [-0.39, 0.29) is 18.2 Å². The van der Waals surface area contributed by atoms with E-state index in [0.717, 1.165) is 0 Å². The summed E-state index contributed by atoms with van der Waals surface area (Å²) in [6, 6.07) is 3.38. The lowest BCUT2D eigenvalue weighted by atomic mass is 10.2. The van der Waals surface area contributed by atoms with Gasteiger partial charge in [-0.15, -0.1) is 5.10 Å². The molecule has 8 nitrogen and oxygen atoms in total. The fraction of sp³-hybridized carbons (Fsp3) is 0.182. The van der Waals surface area contributed by atoms with Crippen LogP contribution < -0.4 is 11.1 Å². The number of carbonyl (C=O) groups is 1. The molecule has 0 aliphatic rings. The summed E-state index contributed by atoms with van der Waals surface area (Å²) >= 11 is 0. The van der Waals surface area contributed by atoms with Crippen molar-refractivity contribution in [2.24, 2.45) is 12.8 Å². The number of carbonyl (C=O) groups excluding carboxylic acids is 1. The van der Waals surface area contributed by atoms with E-state index in [2.05, 4.69) is 37.6 Å². The third-order valence-corrected chi connectivity index (χ3v) is 2.08. The highest BCUT2D eigenvalue weighted by Gasteiger charge is 2.13. The second-order valence-electron chi connectivity index (χ2n) is 3.46. The molecule has 0 aromatic carbocycles. The number of pyridine rings is 1. The fourth-order valence-corrected chi connectivity index (χ4v) is 1.33. The second kappa shape index (κ2) is 5.70. The van der Waals surface area contributed by atoms with Crippen molar-refractivity contribution in [2.75, 3.05) is 11.9 Å². The quantitative estimate of drug-likeness (QED) is 0.679. The number of hydrogen-bond acceptors (Lipinski definition) is 6. The molecule has 0 aliphatic heterocycles. The van der Waals surface area contributed by atoms with Crippen LogP contribution in [0.3, 0.4) is 0 Å². The zero-order valence-electron chi connectivity index (χ0n) is 10.2. The van der Waals surface area contributed by atoms with E-state index in [1.165, 1.54) is 11.0 Å². The maximum Gasteiger partial charge on any atom is 0.277 e. The molecular weight excluding hydrogens is 246 g/mol. The van der Waals surface area contributed by atoms with E-state index < -0.39 is 5.91 Å². The Morgan fingerprint density at radius 2 is 2.42 bits per heavy atom. The van der Waals surface area contributed by atoms with Crippen LogP contribution in [0.15, 0.2) is 18.3 Å². The van der Waals surface area contributed by atoms with Gasteiger partial charge in [0.2, 0.25) is 0 Å². The van der Waals surface area contributed by atoms with Crippen molar-refractivity contribution in [3.05, 3.63) is 29.6 Å². The average molecular weight is 257 g/mol. The van der Waals surface area contributed by atoms with Crippen LogP contribution in [-0.4, -0.2) is 37.6 Å². The number of tetrazole rings is 1. The topological polar surface area (TPSA) is 112 Å². The van der Waals surface area contributed by atoms with Gasteiger partial charge in [0.05, 0.1) is 19.2 Å². The third-order valence-electron chi connectivity index (χ3n) is 2.08. The minimum atomic E-state index is -0.449. The Morgan fingerprint density at radius 1 is 1.58 bits per heavy atom. The molecule has 8 heteroatoms. The molecule has 3 N–H and O–H groups in total. The van der Waals surface area contributed by atoms with Crippen molar-refractivity contribution in [3.8, 4) is 11.8 Å². The first-order chi connectivity index (χ1) is 9.20. The number of rotatable bonds is 2. The number of nitrogens with two attached hydrogens (primary N) is 1. The van der Waals surface area contributed by atoms with Crippen LogP contribution in [0.25, 0.3) is 0 Å². The number of aryl methyl sites for hydroxylation is 1. The standard InChI is InChI=1S/C11H11N7O/c1-18-16-11(15-17-18)14-10(19)9-8(4-2-6-12)5-3-7-13-9/h3,5,7H,6,12H2,1H3,(H,14,16,19). The molecule has 0 saturated carbocycles. The molecule has 2 aromatic heterocycles. The minimum absolute atomic E-state index is 0.107. The zero-order chi connectivity index (χ0) is 13.7. The van der Waals surface area contributed by atoms with Gasteiger partial charge in [-0.25, -0.2) is 4.98 Å². The number of hydrogen-bond donors (Lipinski definition) is 2. The van der Waals surface area contributed by atoms with Crippen LogP contribution in [0.2, 0.25) is 0 Å². The van der Waals surface area contributed by atoms with E-state index in [1.807, 2.05) is 0 Å². The number of nitrogens with zero attached hydrogens (tertiary/aromatic N) is 5. The molecule has 0 atom stereocenters. The molecule has 0 bridgehead atoms. The molecule has 1 amide bonds. The summed E-state index contributed by atoms with van der Waals surface area (Å²) in [5, 5.41) is 13.6. The molecule has 0 saturated heterocycles. The van der Waals surface area contributed by atoms with Gasteiger partial charge in [0.25, 0.3) is 11.9 Å². The fourth-order valence-electron chi connectivity index (χ4n) is 1.33. The number of amides is 1. The maximum absolute atomic E-state index is 12.0. The van der Waals surface area contributed by atoms with Crippen LogP contribution in [-0.2, 0) is 7.05 Å². The van der Waals surface area contributed by atoms with E-state index in [9.17, 15) is 4.79 Å². The van der Waals surface area contributed by atoms with Crippen LogP contribution in [0.4, 0.5) is 5.95 Å². The van der Waals surface area contributed by atoms with Crippen molar-refractivity contribution < 1.29 is 4.79 Å². The van der Waals surface area contributed by atoms with E-state index in [4.69, 9.17) is 5.73 Å². The molecule has 0 aliphatic carbocycles. The molecule has 0 fully saturated rings. The molecule has 0 spiro atoms. The predicted molar refractivity (Wildman–Crippen MR) is 66.9 cm³/mol. The van der Waals surface area contributed by atoms with Crippen molar-refractivity contribution in [3.63, 3.8) is 0 Å². The first-order valence-corrected chi connectivity index (χ1v) is 5.40. The van der Waals surface area contributed by atoms with Crippen LogP contribution in [0, 0.1) is 11.8 Å². The van der Waals surface area contributed by atoms with E-state index >= 15 is 0 Å². The highest BCUT2D eigenvalue weighted by molar-refractivity contribution is 6.03. The molecular formula is C11H11N7O. The van der Waals surface area contributed by atoms with Gasteiger partial charge in [0, 0.05) is 6.20 Å². The van der Waals surface area contributed by atoms with E-state index in [0.29, 0.717) is 5.56 Å². The normalized spacial score (nSPS) is 9.58. The van der Waals surface area contributed by atoms with Gasteiger partial charge < -0.3 is 5.73 Å². The number of nitrogens with one attached hydrogen (secondary N) is 1. The highest BCUT2D eigenvalue weighted by atomic mass is 16.2. The SMILES string of the molecule is Cn1nnc(NC(=O)c2ncccc2C#CCN)n1. The van der Waals surface area contributed by atoms with Gasteiger partial charge in [-0.05, 0) is 17.3 Å². The summed E-state index contributed by atoms with van der Waals surface area (Å²) in [6.07, 6.45) is 1.51. The molecule has 0 unspecified atom stereocenters. The minimum Gasteiger partial charge on any atom is -0.320 e. The van der Waals surface area contributed by atoms with Gasteiger partial charge in [-0.1, -0.05) is 16.9 Å². The van der Waals surface area contributed by atoms with Gasteiger partial charge in [0.1, 0.15) is 5.69 Å². The van der Waals surface area contributed by atoms with Crippen molar-refractivity contribution >= 4 is 11.9 Å². The summed E-state index contributed by atoms with van der Waals surface area (Å²) in [5.41, 5.74) is 5.99. The molecule has 2 aromatic rings. The lowest BCUT2D eigenvalue weighted by Gasteiger charge is -2.01. The third kappa shape index (κ3) is 3.11. The summed E-state index contributed by atoms with van der Waals surface area (Å²) in [4.78, 5) is 17.3. The van der Waals surface area contributed by atoms with E-state index in [1.54, 1.807) is 19.2 Å². The largest absolute Gasteiger partial charge is 0.320 e. The van der Waals surface area contributed by atoms with Gasteiger partial charge in [-0.3, -0.25) is 10.1 Å². The summed E-state index contributed by atoms with van der Waals surface area (Å²) in [5.74, 6) is 5.12. The van der Waals surface area contributed by atoms with Gasteiger partial charge in [-0.2, -0.15) is 4.80 Å². The molecule has 19 heavy (non-hydrogen) atoms. The lowest BCUT2D eigenvalue weighted by molar-refractivity contribution is 0.102. The Balaban J connectivity index is 2.23. The first-order valence-electron chi connectivity index (χ1n) is 5.40. The Morgan fingerprint density at radius 3 is 3.11 bits per heavy atom. The van der Waals surface area contributed by atoms with Gasteiger partial charge >= 0.3 is 0 Å². The molecule has 96 valence electrons. The number of anilines is 1. The molecule has 0 radical (unpaired) electrons. The Bertz CT molecular complexity index is 652. The maximum atomic E-state index is 12.0. The average Bonchev–Trinajstić information content (AvgIpc) is 2.82. The lowest BCUT2D eigenvalue weighted by Crippen LogP contribution is -2.16. The smallest absolute Gasteiger partial charge is 0.277 e. The van der Waals surface area contributed by atoms with Crippen molar-refractivity contribution in [1.82, 2.24) is 25.2 Å². The summed E-state index contributed by atoms with van der Waals surface area (Å²) in [7, 11) is 1.60. The van der Waals surface area contributed by atoms with Crippen LogP contribution >= 0.6 is 0 Å². The highest BCUT2D eigenvalue weighted by Crippen LogP contribution is 2.06. The molecule has 2 rings (SSSR count). The van der Waals surface area contributed by atoms with Gasteiger partial charge in [0.15, 0.2) is 0 Å². The summed E-state index contributed by atoms with van der Waals surface area (Å²) in [6.45, 7) is 0.210. The Kier molecular flexibility index (Phi) is 3.80. The van der Waals surface area contributed by atoms with Crippen molar-refractivity contribution in [2.45, 2.75) is 0 Å². The first kappa shape index (κ1) is 12.7. The van der Waals surface area contributed by atoms with Crippen LogP contribution in [0.1, 0.15) is 16.1 Å². The summed E-state index contributed by atoms with van der Waals surface area (Å²) < 4.78 is 0. The Hall–Kier alpha value is -2.79. The van der Waals surface area contributed by atoms with Crippen molar-refractivity contribution in [1.29, 1.82) is 0 Å². The monoisotopic (exact) mass is 257 g/mol.